The number of ether oxygens (including phenoxy) is 2. The molecule has 0 spiro atoms. The van der Waals surface area contributed by atoms with Crippen LogP contribution in [-0.4, -0.2) is 79.5 Å². The molecule has 4 amide bonds. The lowest BCUT2D eigenvalue weighted by Crippen LogP contribution is -2.67. The smallest absolute Gasteiger partial charge is 0.328 e. The second kappa shape index (κ2) is 15.0. The van der Waals surface area contributed by atoms with Crippen molar-refractivity contribution in [2.24, 2.45) is 23.5 Å². The lowest BCUT2D eigenvalue weighted by atomic mass is 9.64. The van der Waals surface area contributed by atoms with E-state index in [1.54, 1.807) is 4.90 Å². The molecule has 11 nitrogen and oxygen atoms in total. The fraction of sp³-hybridized carbons (Fsp3) is 0.815. The summed E-state index contributed by atoms with van der Waals surface area (Å²) in [4.78, 5) is 67.2. The molecule has 1 saturated carbocycles. The molecule has 2 rings (SSSR count). The summed E-state index contributed by atoms with van der Waals surface area (Å²) in [7, 11) is 1.24. The van der Waals surface area contributed by atoms with Gasteiger partial charge in [0.1, 0.15) is 11.6 Å². The molecule has 2 fully saturated rings. The summed E-state index contributed by atoms with van der Waals surface area (Å²) in [6.07, 6.45) is 5.40. The van der Waals surface area contributed by atoms with E-state index >= 15 is 0 Å². The molecule has 1 aliphatic heterocycles. The van der Waals surface area contributed by atoms with Crippen LogP contribution in [0.5, 0.6) is 0 Å². The summed E-state index contributed by atoms with van der Waals surface area (Å²) in [5.41, 5.74) is 4.50. The number of hydrogen-bond donors (Lipinski definition) is 3. The lowest BCUT2D eigenvalue weighted by Gasteiger charge is -2.46. The third kappa shape index (κ3) is 7.68. The van der Waals surface area contributed by atoms with Crippen molar-refractivity contribution in [3.05, 3.63) is 0 Å². The average Bonchev–Trinajstić information content (AvgIpc) is 2.92. The molecule has 1 heterocycles. The third-order valence-corrected chi connectivity index (χ3v) is 8.01. The van der Waals surface area contributed by atoms with Crippen LogP contribution >= 0.6 is 0 Å². The number of nitrogens with one attached hydrogen (secondary N) is 2. The number of carbonyl (C=O) groups is 5. The standard InChI is InChI=1S/C27H46N4O7/c1-5-7-11-19(22(32)23(33)29-21(24(34)37-4)18(3)10-6-2)20-12-8-9-13-27(20,25(28)35)30-26(36)31-14-16-38-17-15-31/h18-21H,5-17H2,1-4H3,(H2,28,35)(H,29,33)(H,30,36)/t18-,19-,20?,21-,27?/m0/s1. The fourth-order valence-corrected chi connectivity index (χ4v) is 5.81. The zero-order chi connectivity index (χ0) is 28.3. The molecule has 11 heteroatoms. The second-order valence-corrected chi connectivity index (χ2v) is 10.6. The lowest BCUT2D eigenvalue weighted by molar-refractivity contribution is -0.149. The molecular weight excluding hydrogens is 492 g/mol. The number of carbonyl (C=O) groups excluding carboxylic acids is 5. The summed E-state index contributed by atoms with van der Waals surface area (Å²) in [5, 5.41) is 5.51. The van der Waals surface area contributed by atoms with Gasteiger partial charge in [-0.1, -0.05) is 52.9 Å². The van der Waals surface area contributed by atoms with E-state index in [0.717, 1.165) is 19.3 Å². The predicted molar refractivity (Wildman–Crippen MR) is 141 cm³/mol. The second-order valence-electron chi connectivity index (χ2n) is 10.6. The van der Waals surface area contributed by atoms with Crippen molar-refractivity contribution >= 4 is 29.6 Å². The fourth-order valence-electron chi connectivity index (χ4n) is 5.81. The first-order valence-electron chi connectivity index (χ1n) is 14.0. The van der Waals surface area contributed by atoms with Gasteiger partial charge in [0.05, 0.1) is 20.3 Å². The molecule has 0 bridgehead atoms. The van der Waals surface area contributed by atoms with E-state index < -0.39 is 53.0 Å². The van der Waals surface area contributed by atoms with Crippen molar-refractivity contribution in [3.63, 3.8) is 0 Å². The maximum absolute atomic E-state index is 13.7. The van der Waals surface area contributed by atoms with E-state index in [4.69, 9.17) is 15.2 Å². The highest BCUT2D eigenvalue weighted by molar-refractivity contribution is 6.37. The van der Waals surface area contributed by atoms with Crippen LogP contribution in [0.25, 0.3) is 0 Å². The highest BCUT2D eigenvalue weighted by atomic mass is 16.5. The molecule has 0 aromatic heterocycles. The third-order valence-electron chi connectivity index (χ3n) is 8.01. The number of primary amides is 1. The highest BCUT2D eigenvalue weighted by Crippen LogP contribution is 2.41. The van der Waals surface area contributed by atoms with E-state index in [2.05, 4.69) is 10.6 Å². The average molecular weight is 539 g/mol. The zero-order valence-corrected chi connectivity index (χ0v) is 23.4. The number of morpholine rings is 1. The number of urea groups is 1. The Morgan fingerprint density at radius 3 is 2.34 bits per heavy atom. The molecule has 2 unspecified atom stereocenters. The van der Waals surface area contributed by atoms with Crippen LogP contribution in [0.15, 0.2) is 0 Å². The molecule has 38 heavy (non-hydrogen) atoms. The summed E-state index contributed by atoms with van der Waals surface area (Å²) < 4.78 is 10.2. The molecule has 0 radical (unpaired) electrons. The molecule has 5 atom stereocenters. The van der Waals surface area contributed by atoms with Crippen LogP contribution in [0, 0.1) is 17.8 Å². The van der Waals surface area contributed by atoms with E-state index in [1.807, 2.05) is 20.8 Å². The van der Waals surface area contributed by atoms with E-state index in [9.17, 15) is 24.0 Å². The number of methoxy groups -OCH3 is 1. The van der Waals surface area contributed by atoms with Gasteiger partial charge in [-0.3, -0.25) is 14.4 Å². The number of rotatable bonds is 13. The first kappa shape index (κ1) is 31.5. The molecule has 1 saturated heterocycles. The number of nitrogens with two attached hydrogens (primary N) is 1. The van der Waals surface area contributed by atoms with Gasteiger partial charge in [-0.15, -0.1) is 0 Å². The number of esters is 1. The van der Waals surface area contributed by atoms with Gasteiger partial charge in [0.15, 0.2) is 0 Å². The molecule has 2 aliphatic rings. The van der Waals surface area contributed by atoms with Gasteiger partial charge in [-0.05, 0) is 31.6 Å². The van der Waals surface area contributed by atoms with Crippen LogP contribution in [-0.2, 0) is 28.7 Å². The summed E-state index contributed by atoms with van der Waals surface area (Å²) >= 11 is 0. The van der Waals surface area contributed by atoms with Gasteiger partial charge in [0, 0.05) is 24.9 Å². The van der Waals surface area contributed by atoms with Crippen molar-refractivity contribution in [2.75, 3.05) is 33.4 Å². The van der Waals surface area contributed by atoms with Gasteiger partial charge >= 0.3 is 12.0 Å². The van der Waals surface area contributed by atoms with Gasteiger partial charge in [0.25, 0.3) is 5.91 Å². The van der Waals surface area contributed by atoms with Crippen molar-refractivity contribution in [1.82, 2.24) is 15.5 Å². The van der Waals surface area contributed by atoms with Crippen molar-refractivity contribution in [2.45, 2.75) is 90.1 Å². The van der Waals surface area contributed by atoms with Crippen molar-refractivity contribution in [1.29, 1.82) is 0 Å². The van der Waals surface area contributed by atoms with Crippen molar-refractivity contribution < 1.29 is 33.4 Å². The normalized spacial score (nSPS) is 24.0. The molecule has 216 valence electrons. The van der Waals surface area contributed by atoms with Crippen LogP contribution in [0.2, 0.25) is 0 Å². The summed E-state index contributed by atoms with van der Waals surface area (Å²) in [6.45, 7) is 7.34. The van der Waals surface area contributed by atoms with Crippen LogP contribution in [0.4, 0.5) is 4.79 Å². The monoisotopic (exact) mass is 538 g/mol. The molecule has 0 aromatic rings. The van der Waals surface area contributed by atoms with Gasteiger partial charge in [-0.2, -0.15) is 0 Å². The quantitative estimate of drug-likeness (QED) is 0.239. The Morgan fingerprint density at radius 1 is 1.08 bits per heavy atom. The van der Waals surface area contributed by atoms with Gasteiger partial charge in [-0.25, -0.2) is 9.59 Å². The minimum absolute atomic E-state index is 0.231. The first-order chi connectivity index (χ1) is 18.1. The largest absolute Gasteiger partial charge is 0.467 e. The van der Waals surface area contributed by atoms with Crippen LogP contribution in [0.1, 0.15) is 78.6 Å². The maximum atomic E-state index is 13.7. The van der Waals surface area contributed by atoms with E-state index in [0.29, 0.717) is 64.8 Å². The molecular formula is C27H46N4O7. The van der Waals surface area contributed by atoms with Crippen molar-refractivity contribution in [3.8, 4) is 0 Å². The minimum atomic E-state index is -1.46. The number of hydrogen-bond acceptors (Lipinski definition) is 7. The number of Topliss-reactive ketones (excluding diaryl/α,β-unsaturated/α-hetero) is 1. The maximum Gasteiger partial charge on any atom is 0.328 e. The van der Waals surface area contributed by atoms with Gasteiger partial charge in [0.2, 0.25) is 11.7 Å². The number of nitrogens with zero attached hydrogens (tertiary/aromatic N) is 1. The number of unbranched alkanes of at least 4 members (excludes halogenated alkanes) is 1. The van der Waals surface area contributed by atoms with Crippen LogP contribution in [0.3, 0.4) is 0 Å². The predicted octanol–water partition coefficient (Wildman–Crippen LogP) is 1.91. The highest BCUT2D eigenvalue weighted by Gasteiger charge is 2.52. The molecule has 1 aliphatic carbocycles. The van der Waals surface area contributed by atoms with E-state index in [1.165, 1.54) is 7.11 Å². The Balaban J connectivity index is 2.37. The SMILES string of the molecule is CCCC[C@H](C(=O)C(=O)N[C@H](C(=O)OC)[C@@H](C)CCC)C1CCCCC1(NC(=O)N1CCOCC1)C(N)=O. The van der Waals surface area contributed by atoms with Crippen LogP contribution < -0.4 is 16.4 Å². The number of amides is 4. The topological polar surface area (TPSA) is 157 Å². The molecule has 4 N–H and O–H groups in total. The Bertz CT molecular complexity index is 845. The summed E-state index contributed by atoms with van der Waals surface area (Å²) in [6, 6.07) is -1.39. The Morgan fingerprint density at radius 2 is 1.76 bits per heavy atom. The Hall–Kier alpha value is -2.69. The first-order valence-corrected chi connectivity index (χ1v) is 14.0. The van der Waals surface area contributed by atoms with Gasteiger partial charge < -0.3 is 30.7 Å². The van der Waals surface area contributed by atoms with E-state index in [-0.39, 0.29) is 5.92 Å². The Labute approximate surface area is 225 Å². The Kier molecular flexibility index (Phi) is 12.5. The number of ketones is 1. The summed E-state index contributed by atoms with van der Waals surface area (Å²) in [5.74, 6) is -4.62. The minimum Gasteiger partial charge on any atom is -0.467 e. The molecule has 0 aromatic carbocycles. The zero-order valence-electron chi connectivity index (χ0n) is 23.4.